The zero-order valence-corrected chi connectivity index (χ0v) is 14.0. The molecule has 27 heavy (non-hydrogen) atoms. The monoisotopic (exact) mass is 358 g/mol. The summed E-state index contributed by atoms with van der Waals surface area (Å²) in [6, 6.07) is 16.4. The van der Waals surface area contributed by atoms with Gasteiger partial charge in [0, 0.05) is 40.6 Å². The molecule has 0 aliphatic heterocycles. The number of esters is 1. The van der Waals surface area contributed by atoms with E-state index in [1.54, 1.807) is 36.5 Å². The van der Waals surface area contributed by atoms with Gasteiger partial charge in [0.05, 0.1) is 5.56 Å². The molecule has 6 heteroatoms. The average molecular weight is 358 g/mol. The lowest BCUT2D eigenvalue weighted by Crippen LogP contribution is -2.08. The van der Waals surface area contributed by atoms with Crippen molar-refractivity contribution < 1.29 is 14.6 Å². The van der Waals surface area contributed by atoms with E-state index in [9.17, 15) is 14.7 Å². The molecule has 2 aromatic heterocycles. The summed E-state index contributed by atoms with van der Waals surface area (Å²) >= 11 is 0. The molecule has 6 nitrogen and oxygen atoms in total. The molecular weight excluding hydrogens is 344 g/mol. The summed E-state index contributed by atoms with van der Waals surface area (Å²) in [7, 11) is 0. The number of aromatic amines is 1. The molecule has 2 N–H and O–H groups in total. The first-order valence-corrected chi connectivity index (χ1v) is 8.19. The van der Waals surface area contributed by atoms with Crippen molar-refractivity contribution in [1.82, 2.24) is 9.97 Å². The normalized spacial score (nSPS) is 10.7. The Labute approximate surface area is 153 Å². The summed E-state index contributed by atoms with van der Waals surface area (Å²) in [4.78, 5) is 31.4. The predicted molar refractivity (Wildman–Crippen MR) is 101 cm³/mol. The molecule has 132 valence electrons. The minimum absolute atomic E-state index is 0.0238. The van der Waals surface area contributed by atoms with Crippen molar-refractivity contribution in [2.45, 2.75) is 0 Å². The van der Waals surface area contributed by atoms with Gasteiger partial charge in [-0.2, -0.15) is 0 Å². The third-order valence-corrected chi connectivity index (χ3v) is 4.11. The highest BCUT2D eigenvalue weighted by atomic mass is 16.5. The summed E-state index contributed by atoms with van der Waals surface area (Å²) < 4.78 is 5.22. The maximum absolute atomic E-state index is 12.3. The summed E-state index contributed by atoms with van der Waals surface area (Å²) in [5.74, 6) is -0.806. The molecule has 0 amide bonds. The average Bonchev–Trinajstić information content (AvgIpc) is 2.70. The molecular formula is C21H14N2O4. The van der Waals surface area contributed by atoms with Crippen LogP contribution in [0.4, 0.5) is 0 Å². The number of aromatic nitrogens is 2. The summed E-state index contributed by atoms with van der Waals surface area (Å²) in [6.07, 6.45) is 2.93. The Bertz CT molecular complexity index is 1200. The van der Waals surface area contributed by atoms with Gasteiger partial charge in [0.25, 0.3) is 0 Å². The highest BCUT2D eigenvalue weighted by Gasteiger charge is 2.13. The number of pyridine rings is 2. The number of nitrogens with one attached hydrogen (secondary N) is 1. The van der Waals surface area contributed by atoms with Gasteiger partial charge in [0.15, 0.2) is 16.9 Å². The van der Waals surface area contributed by atoms with Gasteiger partial charge in [-0.1, -0.05) is 12.1 Å². The number of aromatic hydroxyl groups is 1. The molecule has 0 atom stereocenters. The second-order valence-corrected chi connectivity index (χ2v) is 5.91. The van der Waals surface area contributed by atoms with E-state index in [0.29, 0.717) is 22.2 Å². The smallest absolute Gasteiger partial charge is 0.345 e. The van der Waals surface area contributed by atoms with Crippen molar-refractivity contribution in [1.29, 1.82) is 0 Å². The number of carbonyl (C=O) groups excluding carboxylic acids is 1. The first kappa shape index (κ1) is 16.5. The molecule has 0 aliphatic carbocycles. The minimum Gasteiger partial charge on any atom is -0.504 e. The number of para-hydroxylation sites is 1. The number of carbonyl (C=O) groups is 1. The third-order valence-electron chi connectivity index (χ3n) is 4.11. The standard InChI is InChI=1S/C21H14N2O4/c24-18-11-17(23-16-6-2-1-5-15(16)18)13-7-8-20(19(25)10-13)27-21(26)14-4-3-9-22-12-14/h1-12,25H,(H,23,24). The number of H-pyrrole nitrogens is 1. The van der Waals surface area contributed by atoms with Crippen molar-refractivity contribution in [3.8, 4) is 22.8 Å². The predicted octanol–water partition coefficient (Wildman–Crippen LogP) is 3.51. The van der Waals surface area contributed by atoms with Gasteiger partial charge in [-0.05, 0) is 42.5 Å². The van der Waals surface area contributed by atoms with Crippen LogP contribution in [0.15, 0.2) is 77.9 Å². The number of fused-ring (bicyclic) bond motifs is 1. The number of phenols is 1. The van der Waals surface area contributed by atoms with E-state index in [1.807, 2.05) is 12.1 Å². The second-order valence-electron chi connectivity index (χ2n) is 5.91. The summed E-state index contributed by atoms with van der Waals surface area (Å²) in [5, 5.41) is 10.8. The molecule has 4 rings (SSSR count). The molecule has 2 heterocycles. The van der Waals surface area contributed by atoms with Crippen LogP contribution in [-0.2, 0) is 0 Å². The van der Waals surface area contributed by atoms with Gasteiger partial charge in [-0.15, -0.1) is 0 Å². The highest BCUT2D eigenvalue weighted by molar-refractivity contribution is 5.91. The van der Waals surface area contributed by atoms with Crippen LogP contribution in [0, 0.1) is 0 Å². The van der Waals surface area contributed by atoms with Crippen LogP contribution in [0.1, 0.15) is 10.4 Å². The maximum atomic E-state index is 12.3. The molecule has 0 bridgehead atoms. The Kier molecular flexibility index (Phi) is 4.14. The quantitative estimate of drug-likeness (QED) is 0.432. The zero-order valence-electron chi connectivity index (χ0n) is 14.0. The van der Waals surface area contributed by atoms with E-state index in [0.717, 1.165) is 0 Å². The van der Waals surface area contributed by atoms with Gasteiger partial charge in [-0.25, -0.2) is 4.79 Å². The summed E-state index contributed by atoms with van der Waals surface area (Å²) in [6.45, 7) is 0. The number of nitrogens with zero attached hydrogens (tertiary/aromatic N) is 1. The number of phenolic OH excluding ortho intramolecular Hbond substituents is 1. The lowest BCUT2D eigenvalue weighted by Gasteiger charge is -2.09. The van der Waals surface area contributed by atoms with Crippen LogP contribution in [-0.4, -0.2) is 21.0 Å². The van der Waals surface area contributed by atoms with E-state index >= 15 is 0 Å². The Balaban J connectivity index is 1.66. The minimum atomic E-state index is -0.620. The fourth-order valence-corrected chi connectivity index (χ4v) is 2.77. The van der Waals surface area contributed by atoms with Crippen molar-refractivity contribution in [2.75, 3.05) is 0 Å². The van der Waals surface area contributed by atoms with Crippen LogP contribution >= 0.6 is 0 Å². The van der Waals surface area contributed by atoms with E-state index in [-0.39, 0.29) is 22.5 Å². The molecule has 0 unspecified atom stereocenters. The molecule has 0 spiro atoms. The van der Waals surface area contributed by atoms with Crippen molar-refractivity contribution in [2.24, 2.45) is 0 Å². The molecule has 0 saturated carbocycles. The van der Waals surface area contributed by atoms with Gasteiger partial charge in [0.1, 0.15) is 0 Å². The van der Waals surface area contributed by atoms with Gasteiger partial charge < -0.3 is 14.8 Å². The van der Waals surface area contributed by atoms with Crippen molar-refractivity contribution >= 4 is 16.9 Å². The van der Waals surface area contributed by atoms with Gasteiger partial charge in [-0.3, -0.25) is 9.78 Å². The summed E-state index contributed by atoms with van der Waals surface area (Å²) in [5.41, 5.74) is 2.01. The first-order chi connectivity index (χ1) is 13.1. The van der Waals surface area contributed by atoms with Crippen LogP contribution < -0.4 is 10.2 Å². The molecule has 0 saturated heterocycles. The van der Waals surface area contributed by atoms with Crippen LogP contribution in [0.25, 0.3) is 22.2 Å². The second kappa shape index (κ2) is 6.76. The van der Waals surface area contributed by atoms with Crippen LogP contribution in [0.5, 0.6) is 11.5 Å². The number of ether oxygens (including phenoxy) is 1. The van der Waals surface area contributed by atoms with E-state index < -0.39 is 5.97 Å². The van der Waals surface area contributed by atoms with E-state index in [4.69, 9.17) is 4.74 Å². The largest absolute Gasteiger partial charge is 0.504 e. The fourth-order valence-electron chi connectivity index (χ4n) is 2.77. The molecule has 0 fully saturated rings. The number of rotatable bonds is 3. The Hall–Kier alpha value is -3.93. The SMILES string of the molecule is O=C(Oc1ccc(-c2cc(=O)c3ccccc3[nH]2)cc1O)c1cccnc1. The van der Waals surface area contributed by atoms with Gasteiger partial charge >= 0.3 is 5.97 Å². The maximum Gasteiger partial charge on any atom is 0.345 e. The van der Waals surface area contributed by atoms with Gasteiger partial charge in [0.2, 0.25) is 0 Å². The Morgan fingerprint density at radius 1 is 1.04 bits per heavy atom. The molecule has 4 aromatic rings. The van der Waals surface area contributed by atoms with Crippen LogP contribution in [0.2, 0.25) is 0 Å². The Morgan fingerprint density at radius 2 is 1.89 bits per heavy atom. The Morgan fingerprint density at radius 3 is 2.67 bits per heavy atom. The molecule has 2 aromatic carbocycles. The van der Waals surface area contributed by atoms with E-state index in [1.165, 1.54) is 24.4 Å². The van der Waals surface area contributed by atoms with Crippen LogP contribution in [0.3, 0.4) is 0 Å². The zero-order chi connectivity index (χ0) is 18.8. The number of benzene rings is 2. The lowest BCUT2D eigenvalue weighted by molar-refractivity contribution is 0.0729. The van der Waals surface area contributed by atoms with Crippen molar-refractivity contribution in [3.05, 3.63) is 88.8 Å². The third kappa shape index (κ3) is 3.28. The topological polar surface area (TPSA) is 92.3 Å². The number of hydrogen-bond acceptors (Lipinski definition) is 5. The van der Waals surface area contributed by atoms with E-state index in [2.05, 4.69) is 9.97 Å². The first-order valence-electron chi connectivity index (χ1n) is 8.19. The number of hydrogen-bond donors (Lipinski definition) is 2. The molecule has 0 aliphatic rings. The molecule has 0 radical (unpaired) electrons. The van der Waals surface area contributed by atoms with Crippen molar-refractivity contribution in [3.63, 3.8) is 0 Å². The fraction of sp³-hybridized carbons (Fsp3) is 0. The highest BCUT2D eigenvalue weighted by Crippen LogP contribution is 2.31. The lowest BCUT2D eigenvalue weighted by atomic mass is 10.1.